The molecule has 0 N–H and O–H groups in total. The summed E-state index contributed by atoms with van der Waals surface area (Å²) < 4.78 is 11.1. The standard InChI is InChI=1S/C3H4ClF/c1-2-3(4)5/h2H,1H3/b3-2+. The van der Waals surface area contributed by atoms with Crippen LogP contribution in [0.15, 0.2) is 11.4 Å². The summed E-state index contributed by atoms with van der Waals surface area (Å²) in [6.45, 7) is 1.53. The van der Waals surface area contributed by atoms with Crippen LogP contribution in [-0.2, 0) is 0 Å². The molecule has 0 aliphatic carbocycles. The van der Waals surface area contributed by atoms with Gasteiger partial charge in [-0.15, -0.1) is 0 Å². The zero-order chi connectivity index (χ0) is 4.28. The number of allylic oxidation sites excluding steroid dienone is 1. The first kappa shape index (κ1) is 4.96. The Balaban J connectivity index is 3.14. The Bertz CT molecular complexity index is 44.9. The van der Waals surface area contributed by atoms with Crippen LogP contribution in [0.1, 0.15) is 6.92 Å². The summed E-state index contributed by atoms with van der Waals surface area (Å²) in [5.74, 6) is 0. The molecule has 30 valence electrons. The summed E-state index contributed by atoms with van der Waals surface area (Å²) >= 11 is 4.66. The first-order valence-electron chi connectivity index (χ1n) is 1.24. The molecular formula is C3H4ClF. The van der Waals surface area contributed by atoms with Gasteiger partial charge in [-0.2, -0.15) is 4.39 Å². The first-order chi connectivity index (χ1) is 2.27. The van der Waals surface area contributed by atoms with Gasteiger partial charge >= 0.3 is 0 Å². The predicted molar refractivity (Wildman–Crippen MR) is 20.7 cm³/mol. The lowest BCUT2D eigenvalue weighted by molar-refractivity contribution is 0.693. The zero-order valence-electron chi connectivity index (χ0n) is 2.83. The largest absolute Gasteiger partial charge is 0.194 e. The monoisotopic (exact) mass is 94.0 g/mol. The van der Waals surface area contributed by atoms with Crippen molar-refractivity contribution in [1.82, 2.24) is 0 Å². The van der Waals surface area contributed by atoms with Crippen LogP contribution in [0.2, 0.25) is 0 Å². The van der Waals surface area contributed by atoms with Crippen molar-refractivity contribution in [3.63, 3.8) is 0 Å². The first-order valence-corrected chi connectivity index (χ1v) is 1.62. The molecule has 0 aromatic heterocycles. The molecule has 5 heavy (non-hydrogen) atoms. The molecule has 0 spiro atoms. The van der Waals surface area contributed by atoms with Crippen molar-refractivity contribution < 1.29 is 4.39 Å². The van der Waals surface area contributed by atoms with Gasteiger partial charge in [-0.05, 0) is 13.0 Å². The highest BCUT2D eigenvalue weighted by Gasteiger charge is 1.71. The van der Waals surface area contributed by atoms with Gasteiger partial charge in [0.05, 0.1) is 0 Å². The number of hydrogen-bond donors (Lipinski definition) is 0. The lowest BCUT2D eigenvalue weighted by Gasteiger charge is -1.64. The van der Waals surface area contributed by atoms with Crippen molar-refractivity contribution in [3.8, 4) is 0 Å². The van der Waals surface area contributed by atoms with Crippen molar-refractivity contribution >= 4 is 11.6 Å². The van der Waals surface area contributed by atoms with Crippen LogP contribution in [0.25, 0.3) is 0 Å². The molecule has 0 atom stereocenters. The molecule has 0 bridgehead atoms. The third-order valence-electron chi connectivity index (χ3n) is 0.218. The van der Waals surface area contributed by atoms with E-state index in [4.69, 9.17) is 0 Å². The van der Waals surface area contributed by atoms with E-state index in [2.05, 4.69) is 11.6 Å². The molecule has 0 nitrogen and oxygen atoms in total. The lowest BCUT2D eigenvalue weighted by Crippen LogP contribution is -1.41. The minimum Gasteiger partial charge on any atom is -0.194 e. The van der Waals surface area contributed by atoms with Gasteiger partial charge in [-0.25, -0.2) is 0 Å². The summed E-state index contributed by atoms with van der Waals surface area (Å²) in [4.78, 5) is 0. The van der Waals surface area contributed by atoms with Gasteiger partial charge in [0.25, 0.3) is 0 Å². The van der Waals surface area contributed by atoms with Crippen LogP contribution in [0.3, 0.4) is 0 Å². The zero-order valence-corrected chi connectivity index (χ0v) is 3.59. The fourth-order valence-corrected chi connectivity index (χ4v) is 0. The maximum atomic E-state index is 11.1. The number of halogens is 2. The fraction of sp³-hybridized carbons (Fsp3) is 0.333. The second kappa shape index (κ2) is 2.21. The van der Waals surface area contributed by atoms with Crippen molar-refractivity contribution in [2.45, 2.75) is 6.92 Å². The number of hydrogen-bond acceptors (Lipinski definition) is 0. The quantitative estimate of drug-likeness (QED) is 0.431. The van der Waals surface area contributed by atoms with Gasteiger partial charge in [0.15, 0.2) is 5.29 Å². The van der Waals surface area contributed by atoms with Gasteiger partial charge < -0.3 is 0 Å². The van der Waals surface area contributed by atoms with Gasteiger partial charge in [-0.1, -0.05) is 11.6 Å². The third-order valence-corrected chi connectivity index (χ3v) is 0.436. The normalized spacial score (nSPS) is 12.2. The summed E-state index contributed by atoms with van der Waals surface area (Å²) in [6.07, 6.45) is 1.18. The Hall–Kier alpha value is -0.0400. The summed E-state index contributed by atoms with van der Waals surface area (Å²) in [6, 6.07) is 0. The van der Waals surface area contributed by atoms with E-state index in [1.807, 2.05) is 0 Å². The van der Waals surface area contributed by atoms with Crippen LogP contribution in [0.4, 0.5) is 4.39 Å². The predicted octanol–water partition coefficient (Wildman–Crippen LogP) is 2.06. The van der Waals surface area contributed by atoms with Gasteiger partial charge in [-0.3, -0.25) is 0 Å². The average molecular weight is 94.5 g/mol. The highest BCUT2D eigenvalue weighted by molar-refractivity contribution is 6.28. The maximum Gasteiger partial charge on any atom is 0.184 e. The van der Waals surface area contributed by atoms with Gasteiger partial charge in [0.2, 0.25) is 0 Å². The van der Waals surface area contributed by atoms with Gasteiger partial charge in [0, 0.05) is 0 Å². The average Bonchev–Trinajstić information content (AvgIpc) is 1.38. The molecular weight excluding hydrogens is 90.5 g/mol. The van der Waals surface area contributed by atoms with Crippen LogP contribution in [0.5, 0.6) is 0 Å². The summed E-state index contributed by atoms with van der Waals surface area (Å²) in [5.41, 5.74) is 0. The van der Waals surface area contributed by atoms with E-state index in [9.17, 15) is 4.39 Å². The smallest absolute Gasteiger partial charge is 0.184 e. The molecule has 0 aliphatic heterocycles. The molecule has 0 unspecified atom stereocenters. The maximum absolute atomic E-state index is 11.1. The molecule has 0 radical (unpaired) electrons. The van der Waals surface area contributed by atoms with Gasteiger partial charge in [0.1, 0.15) is 0 Å². The minimum atomic E-state index is -0.648. The number of rotatable bonds is 0. The second-order valence-corrected chi connectivity index (χ2v) is 0.939. The van der Waals surface area contributed by atoms with Crippen molar-refractivity contribution in [1.29, 1.82) is 0 Å². The van der Waals surface area contributed by atoms with E-state index < -0.39 is 5.29 Å². The van der Waals surface area contributed by atoms with Crippen LogP contribution in [-0.4, -0.2) is 0 Å². The van der Waals surface area contributed by atoms with E-state index in [0.29, 0.717) is 0 Å². The van der Waals surface area contributed by atoms with Crippen LogP contribution < -0.4 is 0 Å². The van der Waals surface area contributed by atoms with E-state index in [1.54, 1.807) is 0 Å². The highest BCUT2D eigenvalue weighted by atomic mass is 35.5. The van der Waals surface area contributed by atoms with Crippen molar-refractivity contribution in [3.05, 3.63) is 11.4 Å². The Kier molecular flexibility index (Phi) is 2.19. The molecule has 0 aromatic rings. The molecule has 0 heterocycles. The van der Waals surface area contributed by atoms with E-state index in [1.165, 1.54) is 13.0 Å². The molecule has 0 rings (SSSR count). The summed E-state index contributed by atoms with van der Waals surface area (Å²) in [7, 11) is 0. The molecule has 0 aromatic carbocycles. The fourth-order valence-electron chi connectivity index (χ4n) is 0. The Morgan fingerprint density at radius 3 is 2.20 bits per heavy atom. The van der Waals surface area contributed by atoms with Crippen molar-refractivity contribution in [2.75, 3.05) is 0 Å². The SMILES string of the molecule is C/C=C(/F)Cl. The molecule has 0 aliphatic rings. The third kappa shape index (κ3) is 3.96. The molecule has 0 saturated carbocycles. The summed E-state index contributed by atoms with van der Waals surface area (Å²) in [5, 5.41) is -0.648. The Morgan fingerprint density at radius 1 is 2.00 bits per heavy atom. The molecule has 0 saturated heterocycles. The van der Waals surface area contributed by atoms with Crippen LogP contribution >= 0.6 is 11.6 Å². The minimum absolute atomic E-state index is 0.648. The van der Waals surface area contributed by atoms with Crippen LogP contribution in [0, 0.1) is 0 Å². The highest BCUT2D eigenvalue weighted by Crippen LogP contribution is 1.97. The molecule has 0 fully saturated rings. The lowest BCUT2D eigenvalue weighted by atomic mass is 10.8. The molecule has 0 amide bonds. The Morgan fingerprint density at radius 2 is 2.20 bits per heavy atom. The topological polar surface area (TPSA) is 0 Å². The Labute approximate surface area is 35.2 Å². The molecule has 2 heteroatoms. The van der Waals surface area contributed by atoms with E-state index >= 15 is 0 Å². The second-order valence-electron chi connectivity index (χ2n) is 0.578. The van der Waals surface area contributed by atoms with Crippen molar-refractivity contribution in [2.24, 2.45) is 0 Å². The van der Waals surface area contributed by atoms with E-state index in [0.717, 1.165) is 0 Å². The van der Waals surface area contributed by atoms with E-state index in [-0.39, 0.29) is 0 Å².